The predicted octanol–water partition coefficient (Wildman–Crippen LogP) is 0.369. The Hall–Kier alpha value is -1.39. The molecule has 1 rings (SSSR count). The molecule has 88 valence electrons. The summed E-state index contributed by atoms with van der Waals surface area (Å²) in [6.45, 7) is 1.09. The zero-order chi connectivity index (χ0) is 11.8. The Balaban J connectivity index is 2.29. The van der Waals surface area contributed by atoms with E-state index in [1.165, 1.54) is 0 Å². The van der Waals surface area contributed by atoms with E-state index >= 15 is 0 Å². The molecule has 0 saturated carbocycles. The summed E-state index contributed by atoms with van der Waals surface area (Å²) >= 11 is 0. The zero-order valence-corrected chi connectivity index (χ0v) is 9.36. The van der Waals surface area contributed by atoms with Gasteiger partial charge >= 0.3 is 0 Å². The van der Waals surface area contributed by atoms with Crippen molar-refractivity contribution >= 4 is 5.91 Å². The molecular formula is C12H19N3O. The van der Waals surface area contributed by atoms with Crippen molar-refractivity contribution < 1.29 is 4.79 Å². The Bertz CT molecular complexity index is 313. The summed E-state index contributed by atoms with van der Waals surface area (Å²) in [6, 6.07) is 9.30. The van der Waals surface area contributed by atoms with Crippen LogP contribution in [0.2, 0.25) is 0 Å². The van der Waals surface area contributed by atoms with Gasteiger partial charge < -0.3 is 16.8 Å². The number of carbonyl (C=O) groups excluding carboxylic acids is 1. The lowest BCUT2D eigenvalue weighted by atomic mass is 10.1. The molecule has 0 aliphatic rings. The van der Waals surface area contributed by atoms with Crippen molar-refractivity contribution in [2.75, 3.05) is 6.54 Å². The van der Waals surface area contributed by atoms with E-state index in [1.54, 1.807) is 0 Å². The first-order valence-electron chi connectivity index (χ1n) is 5.51. The largest absolute Gasteiger partial charge is 0.351 e. The summed E-state index contributed by atoms with van der Waals surface area (Å²) in [5.74, 6) is -0.114. The molecule has 0 heterocycles. The summed E-state index contributed by atoms with van der Waals surface area (Å²) in [6.07, 6.45) is 1.41. The fourth-order valence-electron chi connectivity index (χ4n) is 1.38. The third-order valence-electron chi connectivity index (χ3n) is 2.37. The van der Waals surface area contributed by atoms with Gasteiger partial charge in [-0.05, 0) is 24.9 Å². The van der Waals surface area contributed by atoms with Gasteiger partial charge in [0, 0.05) is 6.54 Å². The van der Waals surface area contributed by atoms with E-state index in [0.717, 1.165) is 12.0 Å². The van der Waals surface area contributed by atoms with Crippen LogP contribution in [0.25, 0.3) is 0 Å². The maximum absolute atomic E-state index is 11.5. The lowest BCUT2D eigenvalue weighted by Crippen LogP contribution is -2.40. The molecular weight excluding hydrogens is 202 g/mol. The fourth-order valence-corrected chi connectivity index (χ4v) is 1.38. The average Bonchev–Trinajstić information content (AvgIpc) is 2.34. The van der Waals surface area contributed by atoms with Crippen LogP contribution in [0.15, 0.2) is 30.3 Å². The van der Waals surface area contributed by atoms with Crippen molar-refractivity contribution in [2.24, 2.45) is 11.5 Å². The fraction of sp³-hybridized carbons (Fsp3) is 0.417. The van der Waals surface area contributed by atoms with Crippen molar-refractivity contribution in [2.45, 2.75) is 25.4 Å². The van der Waals surface area contributed by atoms with Gasteiger partial charge in [0.2, 0.25) is 5.91 Å². The third kappa shape index (κ3) is 4.42. The predicted molar refractivity (Wildman–Crippen MR) is 64.6 cm³/mol. The minimum Gasteiger partial charge on any atom is -0.351 e. The highest BCUT2D eigenvalue weighted by Crippen LogP contribution is 1.98. The van der Waals surface area contributed by atoms with Crippen LogP contribution in [0.1, 0.15) is 18.4 Å². The summed E-state index contributed by atoms with van der Waals surface area (Å²) in [5, 5.41) is 2.80. The van der Waals surface area contributed by atoms with E-state index in [0.29, 0.717) is 19.5 Å². The highest BCUT2D eigenvalue weighted by Gasteiger charge is 2.11. The van der Waals surface area contributed by atoms with E-state index in [-0.39, 0.29) is 5.91 Å². The minimum absolute atomic E-state index is 0.114. The molecule has 0 radical (unpaired) electrons. The number of amides is 1. The average molecular weight is 221 g/mol. The molecule has 5 N–H and O–H groups in total. The van der Waals surface area contributed by atoms with Crippen molar-refractivity contribution in [3.05, 3.63) is 35.9 Å². The SMILES string of the molecule is NCCCC(N)C(=O)NCc1ccccc1. The Morgan fingerprint density at radius 2 is 2.00 bits per heavy atom. The second kappa shape index (κ2) is 6.98. The quantitative estimate of drug-likeness (QED) is 0.649. The van der Waals surface area contributed by atoms with Gasteiger partial charge in [0.15, 0.2) is 0 Å². The number of benzene rings is 1. The Kier molecular flexibility index (Phi) is 5.53. The highest BCUT2D eigenvalue weighted by molar-refractivity contribution is 5.81. The van der Waals surface area contributed by atoms with Gasteiger partial charge in [-0.2, -0.15) is 0 Å². The molecule has 1 amide bonds. The first-order valence-corrected chi connectivity index (χ1v) is 5.51. The van der Waals surface area contributed by atoms with Gasteiger partial charge in [-0.1, -0.05) is 30.3 Å². The van der Waals surface area contributed by atoms with Crippen molar-refractivity contribution in [1.82, 2.24) is 5.32 Å². The number of nitrogens with one attached hydrogen (secondary N) is 1. The van der Waals surface area contributed by atoms with Gasteiger partial charge in [-0.25, -0.2) is 0 Å². The van der Waals surface area contributed by atoms with Crippen molar-refractivity contribution in [3.63, 3.8) is 0 Å². The van der Waals surface area contributed by atoms with Gasteiger partial charge in [-0.3, -0.25) is 4.79 Å². The van der Waals surface area contributed by atoms with Gasteiger partial charge in [0.1, 0.15) is 0 Å². The number of carbonyl (C=O) groups is 1. The van der Waals surface area contributed by atoms with Crippen LogP contribution in [0.4, 0.5) is 0 Å². The van der Waals surface area contributed by atoms with Crippen LogP contribution < -0.4 is 16.8 Å². The van der Waals surface area contributed by atoms with E-state index in [9.17, 15) is 4.79 Å². The summed E-state index contributed by atoms with van der Waals surface area (Å²) in [4.78, 5) is 11.5. The molecule has 0 aromatic heterocycles. The lowest BCUT2D eigenvalue weighted by Gasteiger charge is -2.11. The molecule has 0 bridgehead atoms. The van der Waals surface area contributed by atoms with Crippen LogP contribution in [0, 0.1) is 0 Å². The van der Waals surface area contributed by atoms with E-state index < -0.39 is 6.04 Å². The van der Waals surface area contributed by atoms with E-state index in [1.807, 2.05) is 30.3 Å². The molecule has 1 aromatic carbocycles. The molecule has 0 aliphatic heterocycles. The van der Waals surface area contributed by atoms with Gasteiger partial charge in [0.25, 0.3) is 0 Å². The third-order valence-corrected chi connectivity index (χ3v) is 2.37. The molecule has 0 aliphatic carbocycles. The van der Waals surface area contributed by atoms with Crippen LogP contribution in [-0.2, 0) is 11.3 Å². The maximum atomic E-state index is 11.5. The minimum atomic E-state index is -0.452. The molecule has 0 spiro atoms. The van der Waals surface area contributed by atoms with Crippen LogP contribution >= 0.6 is 0 Å². The van der Waals surface area contributed by atoms with Crippen molar-refractivity contribution in [1.29, 1.82) is 0 Å². The Labute approximate surface area is 96.0 Å². The Morgan fingerprint density at radius 1 is 1.31 bits per heavy atom. The summed E-state index contributed by atoms with van der Waals surface area (Å²) in [5.41, 5.74) is 12.1. The van der Waals surface area contributed by atoms with Crippen LogP contribution in [-0.4, -0.2) is 18.5 Å². The first kappa shape index (κ1) is 12.7. The molecule has 16 heavy (non-hydrogen) atoms. The lowest BCUT2D eigenvalue weighted by molar-refractivity contribution is -0.122. The standard InChI is InChI=1S/C12H19N3O/c13-8-4-7-11(14)12(16)15-9-10-5-2-1-3-6-10/h1-3,5-6,11H,4,7-9,13-14H2,(H,15,16). The molecule has 1 aromatic rings. The van der Waals surface area contributed by atoms with Gasteiger partial charge in [0.05, 0.1) is 6.04 Å². The number of hydrogen-bond acceptors (Lipinski definition) is 3. The molecule has 0 fully saturated rings. The number of nitrogens with two attached hydrogens (primary N) is 2. The maximum Gasteiger partial charge on any atom is 0.237 e. The zero-order valence-electron chi connectivity index (χ0n) is 9.36. The van der Waals surface area contributed by atoms with Crippen LogP contribution in [0.5, 0.6) is 0 Å². The molecule has 0 saturated heterocycles. The summed E-state index contributed by atoms with van der Waals surface area (Å²) in [7, 11) is 0. The topological polar surface area (TPSA) is 81.1 Å². The van der Waals surface area contributed by atoms with Crippen LogP contribution in [0.3, 0.4) is 0 Å². The monoisotopic (exact) mass is 221 g/mol. The normalized spacial score (nSPS) is 12.1. The second-order valence-corrected chi connectivity index (χ2v) is 3.74. The van der Waals surface area contributed by atoms with Gasteiger partial charge in [-0.15, -0.1) is 0 Å². The number of rotatable bonds is 6. The molecule has 4 heteroatoms. The highest BCUT2D eigenvalue weighted by atomic mass is 16.2. The summed E-state index contributed by atoms with van der Waals surface area (Å²) < 4.78 is 0. The van der Waals surface area contributed by atoms with E-state index in [2.05, 4.69) is 5.32 Å². The molecule has 1 atom stereocenters. The van der Waals surface area contributed by atoms with Crippen molar-refractivity contribution in [3.8, 4) is 0 Å². The number of hydrogen-bond donors (Lipinski definition) is 3. The molecule has 1 unspecified atom stereocenters. The first-order chi connectivity index (χ1) is 7.74. The second-order valence-electron chi connectivity index (χ2n) is 3.74. The van der Waals surface area contributed by atoms with E-state index in [4.69, 9.17) is 11.5 Å². The Morgan fingerprint density at radius 3 is 2.62 bits per heavy atom. The smallest absolute Gasteiger partial charge is 0.237 e. The molecule has 4 nitrogen and oxygen atoms in total.